The van der Waals surface area contributed by atoms with Crippen molar-refractivity contribution in [2.75, 3.05) is 0 Å². The molecule has 0 saturated heterocycles. The molecule has 10 N–H and O–H groups in total. The van der Waals surface area contributed by atoms with Crippen molar-refractivity contribution in [1.82, 2.24) is 0 Å². The molecule has 0 unspecified atom stereocenters. The fourth-order valence-electron chi connectivity index (χ4n) is 0. The van der Waals surface area contributed by atoms with Crippen LogP contribution in [-0.4, -0.2) is 27.4 Å². The zero-order valence-corrected chi connectivity index (χ0v) is 5.82. The number of halogens is 1. The van der Waals surface area contributed by atoms with E-state index in [1.807, 2.05) is 0 Å². The molecule has 5 nitrogen and oxygen atoms in total. The summed E-state index contributed by atoms with van der Waals surface area (Å²) in [5.74, 6) is 0. The molecule has 0 aromatic carbocycles. The summed E-state index contributed by atoms with van der Waals surface area (Å²) in [6, 6.07) is 0. The van der Waals surface area contributed by atoms with Crippen molar-refractivity contribution in [2.45, 2.75) is 0 Å². The predicted molar refractivity (Wildman–Crippen MR) is 25.3 cm³/mol. The molecule has 0 aromatic heterocycles. The van der Waals surface area contributed by atoms with Gasteiger partial charge < -0.3 is 27.4 Å². The summed E-state index contributed by atoms with van der Waals surface area (Å²) < 4.78 is 0. The normalized spacial score (nSPS) is 0. The van der Waals surface area contributed by atoms with Gasteiger partial charge in [-0.1, -0.05) is 0 Å². The van der Waals surface area contributed by atoms with E-state index in [-0.39, 0.29) is 59.3 Å². The van der Waals surface area contributed by atoms with Crippen molar-refractivity contribution < 1.29 is 46.9 Å². The van der Waals surface area contributed by atoms with Crippen LogP contribution >= 0.6 is 12.4 Å². The maximum absolute atomic E-state index is 0. The zero-order valence-electron chi connectivity index (χ0n) is 3.26. The molecule has 0 saturated carbocycles. The van der Waals surface area contributed by atoms with Crippen LogP contribution in [0.4, 0.5) is 0 Å². The third-order valence-electron chi connectivity index (χ3n) is 0. The minimum Gasteiger partial charge on any atom is -0.412 e. The molecule has 0 heterocycles. The molecule has 0 spiro atoms. The second kappa shape index (κ2) is 431. The molecule has 0 atom stereocenters. The Labute approximate surface area is 59.8 Å². The average Bonchev–Trinajstić information content (AvgIpc) is 0. The van der Waals surface area contributed by atoms with E-state index in [1.54, 1.807) is 0 Å². The summed E-state index contributed by atoms with van der Waals surface area (Å²) in [5, 5.41) is 0. The second-order valence-corrected chi connectivity index (χ2v) is 0. The van der Waals surface area contributed by atoms with Crippen LogP contribution in [-0.2, 0) is 19.5 Å². The van der Waals surface area contributed by atoms with Crippen LogP contribution in [0.15, 0.2) is 0 Å². The smallest absolute Gasteiger partial charge is 0 e. The Balaban J connectivity index is 0. The van der Waals surface area contributed by atoms with Crippen molar-refractivity contribution in [2.24, 2.45) is 0 Å². The van der Waals surface area contributed by atoms with E-state index in [4.69, 9.17) is 0 Å². The van der Waals surface area contributed by atoms with Gasteiger partial charge in [0.2, 0.25) is 0 Å². The second-order valence-electron chi connectivity index (χ2n) is 0. The summed E-state index contributed by atoms with van der Waals surface area (Å²) in [6.45, 7) is 0. The average molecular weight is 228 g/mol. The Morgan fingerprint density at radius 3 is 0.429 bits per heavy atom. The summed E-state index contributed by atoms with van der Waals surface area (Å²) >= 11 is 0. The minimum atomic E-state index is 0. The number of rotatable bonds is 0. The fourth-order valence-corrected chi connectivity index (χ4v) is 0. The van der Waals surface area contributed by atoms with E-state index in [0.29, 0.717) is 0 Å². The van der Waals surface area contributed by atoms with Gasteiger partial charge in [-0.2, -0.15) is 0 Å². The largest absolute Gasteiger partial charge is 0.412 e. The first-order valence-corrected chi connectivity index (χ1v) is 0. The van der Waals surface area contributed by atoms with Gasteiger partial charge in [0.15, 0.2) is 0 Å². The van der Waals surface area contributed by atoms with E-state index in [9.17, 15) is 0 Å². The van der Waals surface area contributed by atoms with Gasteiger partial charge in [0.1, 0.15) is 0 Å². The maximum atomic E-state index is 0. The number of hydrogen-bond acceptors (Lipinski definition) is 0. The summed E-state index contributed by atoms with van der Waals surface area (Å²) in [7, 11) is 0. The maximum Gasteiger partial charge on any atom is 0 e. The first kappa shape index (κ1) is 683. The van der Waals surface area contributed by atoms with Crippen molar-refractivity contribution in [3.8, 4) is 0 Å². The Morgan fingerprint density at radius 2 is 0.429 bits per heavy atom. The van der Waals surface area contributed by atoms with Crippen LogP contribution in [0.25, 0.3) is 0 Å². The van der Waals surface area contributed by atoms with E-state index in [0.717, 1.165) is 0 Å². The van der Waals surface area contributed by atoms with Crippen LogP contribution in [0, 0.1) is 0 Å². The van der Waals surface area contributed by atoms with Gasteiger partial charge in [0, 0.05) is 19.5 Å². The SMILES string of the molecule is Cl.O.O.O.O.O.[Ru]. The van der Waals surface area contributed by atoms with Gasteiger partial charge in [0.05, 0.1) is 0 Å². The zero-order chi connectivity index (χ0) is 0. The molecule has 0 aliphatic carbocycles. The van der Waals surface area contributed by atoms with E-state index in [1.165, 1.54) is 0 Å². The van der Waals surface area contributed by atoms with Crippen molar-refractivity contribution in [3.63, 3.8) is 0 Å². The van der Waals surface area contributed by atoms with Crippen LogP contribution in [0.3, 0.4) is 0 Å². The quantitative estimate of drug-likeness (QED) is 0.373. The van der Waals surface area contributed by atoms with Crippen molar-refractivity contribution in [3.05, 3.63) is 0 Å². The first-order valence-electron chi connectivity index (χ1n) is 0. The van der Waals surface area contributed by atoms with Gasteiger partial charge in [-0.05, 0) is 0 Å². The fraction of sp³-hybridized carbons (Fsp3) is 0. The van der Waals surface area contributed by atoms with Gasteiger partial charge >= 0.3 is 0 Å². The molecule has 0 rings (SSSR count). The van der Waals surface area contributed by atoms with Crippen LogP contribution < -0.4 is 0 Å². The minimum absolute atomic E-state index is 0. The third kappa shape index (κ3) is 293. The standard InChI is InChI=1S/ClH.5H2O.Ru/h1H;5*1H2;. The van der Waals surface area contributed by atoms with Crippen molar-refractivity contribution >= 4 is 12.4 Å². The molecule has 0 aromatic rings. The molecule has 0 bridgehead atoms. The Morgan fingerprint density at radius 1 is 0.429 bits per heavy atom. The van der Waals surface area contributed by atoms with E-state index in [2.05, 4.69) is 0 Å². The molecule has 0 aliphatic heterocycles. The summed E-state index contributed by atoms with van der Waals surface area (Å²) in [5.41, 5.74) is 0. The van der Waals surface area contributed by atoms with Crippen molar-refractivity contribution in [1.29, 1.82) is 0 Å². The molecule has 7 heavy (non-hydrogen) atoms. The van der Waals surface area contributed by atoms with Gasteiger partial charge in [-0.25, -0.2) is 0 Å². The van der Waals surface area contributed by atoms with Gasteiger partial charge in [-0.15, -0.1) is 12.4 Å². The molecule has 0 amide bonds. The predicted octanol–water partition coefficient (Wildman–Crippen LogP) is -3.70. The summed E-state index contributed by atoms with van der Waals surface area (Å²) in [6.07, 6.45) is 0. The first-order chi connectivity index (χ1) is 0. The van der Waals surface area contributed by atoms with E-state index >= 15 is 0 Å². The molecule has 0 radical (unpaired) electrons. The van der Waals surface area contributed by atoms with Crippen LogP contribution in [0.2, 0.25) is 0 Å². The monoisotopic (exact) mass is 228 g/mol. The topological polar surface area (TPSA) is 158 Å². The molecule has 0 fully saturated rings. The Kier molecular flexibility index (Phi) is 42000. The molecular formula is H11ClO5Ru. The Hall–Kier alpha value is 0.713. The van der Waals surface area contributed by atoms with Crippen LogP contribution in [0.1, 0.15) is 0 Å². The molecular weight excluding hydrogens is 217 g/mol. The summed E-state index contributed by atoms with van der Waals surface area (Å²) in [4.78, 5) is 0. The molecule has 56 valence electrons. The third-order valence-corrected chi connectivity index (χ3v) is 0. The number of hydrogen-bond donors (Lipinski definition) is 0. The Bertz CT molecular complexity index is 8.04. The van der Waals surface area contributed by atoms with E-state index < -0.39 is 0 Å². The van der Waals surface area contributed by atoms with Gasteiger partial charge in [0.25, 0.3) is 0 Å². The molecule has 0 aliphatic rings. The van der Waals surface area contributed by atoms with Gasteiger partial charge in [-0.3, -0.25) is 0 Å². The van der Waals surface area contributed by atoms with Crippen LogP contribution in [0.5, 0.6) is 0 Å². The molecule has 7 heteroatoms.